The number of aromatic hydroxyl groups is 1. The minimum Gasteiger partial charge on any atom is -0.508 e. The fourth-order valence-corrected chi connectivity index (χ4v) is 3.77. The highest BCUT2D eigenvalue weighted by Gasteiger charge is 2.27. The molecule has 2 N–H and O–H groups in total. The van der Waals surface area contributed by atoms with E-state index in [0.29, 0.717) is 0 Å². The molecule has 0 spiro atoms. The monoisotopic (exact) mass is 339 g/mol. The highest BCUT2D eigenvalue weighted by Crippen LogP contribution is 2.28. The topological polar surface area (TPSA) is 43.7 Å². The quantitative estimate of drug-likeness (QED) is 0.863. The van der Waals surface area contributed by atoms with Gasteiger partial charge in [-0.15, -0.1) is 0 Å². The van der Waals surface area contributed by atoms with Crippen LogP contribution < -0.4 is 0 Å². The lowest BCUT2D eigenvalue weighted by Crippen LogP contribution is -2.43. The molecular weight excluding hydrogens is 310 g/mol. The van der Waals surface area contributed by atoms with Gasteiger partial charge < -0.3 is 10.2 Å². The Bertz CT molecular complexity index is 657. The number of likely N-dealkylation sites (tertiary alicyclic amines) is 1. The Morgan fingerprint density at radius 3 is 2.20 bits per heavy atom. The van der Waals surface area contributed by atoms with E-state index < -0.39 is 6.10 Å². The smallest absolute Gasteiger partial charge is 0.115 e. The number of aliphatic hydroxyl groups excluding tert-OH is 1. The van der Waals surface area contributed by atoms with Crippen molar-refractivity contribution < 1.29 is 10.2 Å². The van der Waals surface area contributed by atoms with Crippen molar-refractivity contribution in [3.63, 3.8) is 0 Å². The summed E-state index contributed by atoms with van der Waals surface area (Å²) in [5, 5.41) is 20.0. The average Bonchev–Trinajstić information content (AvgIpc) is 2.64. The van der Waals surface area contributed by atoms with Gasteiger partial charge in [-0.3, -0.25) is 4.90 Å². The molecule has 0 aliphatic carbocycles. The van der Waals surface area contributed by atoms with Crippen LogP contribution in [0.2, 0.25) is 0 Å². The molecule has 3 nitrogen and oxygen atoms in total. The van der Waals surface area contributed by atoms with Crippen molar-refractivity contribution in [2.24, 2.45) is 5.92 Å². The zero-order valence-corrected chi connectivity index (χ0v) is 15.2. The summed E-state index contributed by atoms with van der Waals surface area (Å²) in [7, 11) is 0. The summed E-state index contributed by atoms with van der Waals surface area (Å²) in [4.78, 5) is 2.39. The molecule has 25 heavy (non-hydrogen) atoms. The number of hydrogen-bond acceptors (Lipinski definition) is 3. The Balaban J connectivity index is 1.52. The molecule has 3 heteroatoms. The first-order valence-electron chi connectivity index (χ1n) is 9.29. The standard InChI is InChI=1S/C22H29NO2/c1-16-3-5-18(6-4-16)15-19-11-13-23(14-12-19)17(2)22(25)20-7-9-21(24)10-8-20/h3-10,17,19,22,24-25H,11-15H2,1-2H3. The molecule has 1 fully saturated rings. The molecule has 1 aliphatic heterocycles. The lowest BCUT2D eigenvalue weighted by Gasteiger charge is -2.38. The van der Waals surface area contributed by atoms with E-state index in [1.165, 1.54) is 24.0 Å². The van der Waals surface area contributed by atoms with Crippen molar-refractivity contribution in [1.29, 1.82) is 0 Å². The largest absolute Gasteiger partial charge is 0.508 e. The average molecular weight is 339 g/mol. The molecule has 2 atom stereocenters. The van der Waals surface area contributed by atoms with Crippen molar-refractivity contribution in [2.75, 3.05) is 13.1 Å². The van der Waals surface area contributed by atoms with E-state index in [4.69, 9.17) is 0 Å². The van der Waals surface area contributed by atoms with E-state index >= 15 is 0 Å². The van der Waals surface area contributed by atoms with Crippen molar-refractivity contribution in [3.05, 3.63) is 65.2 Å². The zero-order valence-electron chi connectivity index (χ0n) is 15.2. The Labute approximate surface area is 150 Å². The van der Waals surface area contributed by atoms with Crippen LogP contribution in [0, 0.1) is 12.8 Å². The molecule has 0 aromatic heterocycles. The maximum Gasteiger partial charge on any atom is 0.115 e. The van der Waals surface area contributed by atoms with E-state index in [1.807, 2.05) is 0 Å². The summed E-state index contributed by atoms with van der Waals surface area (Å²) < 4.78 is 0. The van der Waals surface area contributed by atoms with Crippen molar-refractivity contribution in [1.82, 2.24) is 4.90 Å². The van der Waals surface area contributed by atoms with Crippen LogP contribution in [0.25, 0.3) is 0 Å². The molecule has 134 valence electrons. The summed E-state index contributed by atoms with van der Waals surface area (Å²) >= 11 is 0. The first-order chi connectivity index (χ1) is 12.0. The van der Waals surface area contributed by atoms with Gasteiger partial charge in [0, 0.05) is 6.04 Å². The van der Waals surface area contributed by atoms with Gasteiger partial charge in [-0.05, 0) is 75.4 Å². The van der Waals surface area contributed by atoms with E-state index in [-0.39, 0.29) is 11.8 Å². The van der Waals surface area contributed by atoms with Gasteiger partial charge in [0.2, 0.25) is 0 Å². The molecule has 2 aromatic carbocycles. The second-order valence-corrected chi connectivity index (χ2v) is 7.45. The lowest BCUT2D eigenvalue weighted by atomic mass is 9.88. The van der Waals surface area contributed by atoms with Gasteiger partial charge in [-0.2, -0.15) is 0 Å². The van der Waals surface area contributed by atoms with Gasteiger partial charge >= 0.3 is 0 Å². The van der Waals surface area contributed by atoms with Crippen molar-refractivity contribution in [2.45, 2.75) is 45.3 Å². The van der Waals surface area contributed by atoms with Gasteiger partial charge in [0.05, 0.1) is 6.10 Å². The predicted molar refractivity (Wildman–Crippen MR) is 102 cm³/mol. The predicted octanol–water partition coefficient (Wildman–Crippen LogP) is 4.08. The normalized spacial score (nSPS) is 18.8. The van der Waals surface area contributed by atoms with E-state index in [0.717, 1.165) is 31.0 Å². The molecule has 0 radical (unpaired) electrons. The highest BCUT2D eigenvalue weighted by molar-refractivity contribution is 5.28. The molecule has 0 saturated carbocycles. The van der Waals surface area contributed by atoms with Gasteiger partial charge in [0.15, 0.2) is 0 Å². The second kappa shape index (κ2) is 8.03. The maximum absolute atomic E-state index is 10.6. The summed E-state index contributed by atoms with van der Waals surface area (Å²) in [5.41, 5.74) is 3.61. The number of nitrogens with zero attached hydrogens (tertiary/aromatic N) is 1. The summed E-state index contributed by atoms with van der Waals surface area (Å²) in [5.74, 6) is 0.970. The first-order valence-corrected chi connectivity index (χ1v) is 9.29. The highest BCUT2D eigenvalue weighted by atomic mass is 16.3. The Kier molecular flexibility index (Phi) is 5.77. The van der Waals surface area contributed by atoms with Crippen LogP contribution in [0.1, 0.15) is 42.6 Å². The van der Waals surface area contributed by atoms with Gasteiger partial charge in [-0.1, -0.05) is 42.0 Å². The van der Waals surface area contributed by atoms with Gasteiger partial charge in [-0.25, -0.2) is 0 Å². The maximum atomic E-state index is 10.6. The van der Waals surface area contributed by atoms with Crippen LogP contribution in [0.15, 0.2) is 48.5 Å². The van der Waals surface area contributed by atoms with E-state index in [1.54, 1.807) is 24.3 Å². The van der Waals surface area contributed by atoms with E-state index in [2.05, 4.69) is 43.0 Å². The minimum absolute atomic E-state index is 0.0878. The van der Waals surface area contributed by atoms with Crippen LogP contribution in [0.5, 0.6) is 5.75 Å². The van der Waals surface area contributed by atoms with Crippen LogP contribution >= 0.6 is 0 Å². The fourth-order valence-electron chi connectivity index (χ4n) is 3.77. The Hall–Kier alpha value is -1.84. The molecule has 0 amide bonds. The molecule has 2 unspecified atom stereocenters. The van der Waals surface area contributed by atoms with Crippen molar-refractivity contribution >= 4 is 0 Å². The molecule has 3 rings (SSSR count). The van der Waals surface area contributed by atoms with Crippen LogP contribution in [0.3, 0.4) is 0 Å². The first kappa shape index (κ1) is 18.0. The molecular formula is C22H29NO2. The number of aryl methyl sites for hydroxylation is 1. The number of hydrogen-bond donors (Lipinski definition) is 2. The van der Waals surface area contributed by atoms with Gasteiger partial charge in [0.1, 0.15) is 5.75 Å². The fraction of sp³-hybridized carbons (Fsp3) is 0.455. The van der Waals surface area contributed by atoms with Crippen LogP contribution in [-0.4, -0.2) is 34.2 Å². The number of rotatable bonds is 5. The minimum atomic E-state index is -0.519. The third-order valence-electron chi connectivity index (χ3n) is 5.56. The Morgan fingerprint density at radius 1 is 1.00 bits per heavy atom. The molecule has 1 heterocycles. The number of piperidine rings is 1. The number of phenols is 1. The van der Waals surface area contributed by atoms with Crippen LogP contribution in [0.4, 0.5) is 0 Å². The molecule has 2 aromatic rings. The summed E-state index contributed by atoms with van der Waals surface area (Å²) in [6.07, 6.45) is 3.00. The van der Waals surface area contributed by atoms with Crippen molar-refractivity contribution in [3.8, 4) is 5.75 Å². The number of aliphatic hydroxyl groups is 1. The third kappa shape index (κ3) is 4.62. The number of benzene rings is 2. The zero-order chi connectivity index (χ0) is 17.8. The molecule has 1 aliphatic rings. The number of phenolic OH excluding ortho intramolecular Hbond substituents is 1. The lowest BCUT2D eigenvalue weighted by molar-refractivity contribution is 0.0373. The summed E-state index contributed by atoms with van der Waals surface area (Å²) in [6.45, 7) is 6.29. The second-order valence-electron chi connectivity index (χ2n) is 7.45. The molecule has 1 saturated heterocycles. The summed E-state index contributed by atoms with van der Waals surface area (Å²) in [6, 6.07) is 15.9. The molecule has 0 bridgehead atoms. The van der Waals surface area contributed by atoms with Crippen LogP contribution in [-0.2, 0) is 6.42 Å². The third-order valence-corrected chi connectivity index (χ3v) is 5.56. The van der Waals surface area contributed by atoms with Gasteiger partial charge in [0.25, 0.3) is 0 Å². The van der Waals surface area contributed by atoms with E-state index in [9.17, 15) is 10.2 Å². The SMILES string of the molecule is Cc1ccc(CC2CCN(C(C)C(O)c3ccc(O)cc3)CC2)cc1. The Morgan fingerprint density at radius 2 is 1.60 bits per heavy atom.